The van der Waals surface area contributed by atoms with E-state index in [1.165, 1.54) is 17.4 Å². The molecule has 5 aromatic rings. The Morgan fingerprint density at radius 2 is 1.57 bits per heavy atom. The monoisotopic (exact) mass is 615 g/mol. The number of nitrogen functional groups attached to an aromatic ring is 1. The van der Waals surface area contributed by atoms with Crippen LogP contribution in [0.5, 0.6) is 0 Å². The Hall–Kier alpha value is -4.67. The maximum Gasteiger partial charge on any atom is 0.258 e. The summed E-state index contributed by atoms with van der Waals surface area (Å²) in [6, 6.07) is 22.5. The van der Waals surface area contributed by atoms with Crippen molar-refractivity contribution in [2.75, 3.05) is 37.0 Å². The van der Waals surface area contributed by atoms with Gasteiger partial charge in [-0.05, 0) is 106 Å². The number of thiazole rings is 1. The van der Waals surface area contributed by atoms with Gasteiger partial charge in [-0.2, -0.15) is 0 Å². The number of unbranched alkanes of at least 4 members (excludes halogenated alkanes) is 1. The third kappa shape index (κ3) is 7.64. The van der Waals surface area contributed by atoms with Crippen LogP contribution < -0.4 is 16.4 Å². The quantitative estimate of drug-likeness (QED) is 0.130. The minimum Gasteiger partial charge on any atom is -0.375 e. The van der Waals surface area contributed by atoms with Crippen LogP contribution >= 0.6 is 11.3 Å². The molecule has 0 fully saturated rings. The second-order valence-corrected chi connectivity index (χ2v) is 11.7. The lowest BCUT2D eigenvalue weighted by Crippen LogP contribution is -2.14. The third-order valence-electron chi connectivity index (χ3n) is 6.98. The van der Waals surface area contributed by atoms with Crippen LogP contribution in [0.4, 0.5) is 35.4 Å². The minimum absolute atomic E-state index is 0.236. The summed E-state index contributed by atoms with van der Waals surface area (Å²) in [5.74, 6) is -2.54. The van der Waals surface area contributed by atoms with Gasteiger partial charge in [-0.25, -0.2) is 18.2 Å². The number of hydrogen-bond acceptors (Lipinski definition) is 6. The molecule has 1 amide bonds. The van der Waals surface area contributed by atoms with Crippen molar-refractivity contribution < 1.29 is 18.0 Å². The molecule has 0 atom stereocenters. The maximum atomic E-state index is 14.8. The molecule has 0 aliphatic heterocycles. The van der Waals surface area contributed by atoms with Gasteiger partial charge in [-0.3, -0.25) is 4.79 Å². The van der Waals surface area contributed by atoms with Crippen molar-refractivity contribution in [1.29, 1.82) is 0 Å². The molecule has 6 nitrogen and oxygen atoms in total. The topological polar surface area (TPSA) is 83.3 Å². The predicted molar refractivity (Wildman–Crippen MR) is 173 cm³/mol. The van der Waals surface area contributed by atoms with Crippen LogP contribution in [0.15, 0.2) is 84.9 Å². The summed E-state index contributed by atoms with van der Waals surface area (Å²) < 4.78 is 42.6. The first-order chi connectivity index (χ1) is 21.2. The van der Waals surface area contributed by atoms with E-state index in [4.69, 9.17) is 5.73 Å². The lowest BCUT2D eigenvalue weighted by Gasteiger charge is -2.12. The van der Waals surface area contributed by atoms with Crippen molar-refractivity contribution in [2.24, 2.45) is 0 Å². The van der Waals surface area contributed by atoms with E-state index in [0.29, 0.717) is 39.7 Å². The van der Waals surface area contributed by atoms with Gasteiger partial charge in [0.05, 0.1) is 16.1 Å². The summed E-state index contributed by atoms with van der Waals surface area (Å²) in [4.78, 5) is 20.1. The van der Waals surface area contributed by atoms with Gasteiger partial charge in [0.25, 0.3) is 5.91 Å². The fourth-order valence-electron chi connectivity index (χ4n) is 4.82. The molecule has 1 aromatic heterocycles. The summed E-state index contributed by atoms with van der Waals surface area (Å²) in [5, 5.41) is 6.26. The highest BCUT2D eigenvalue weighted by molar-refractivity contribution is 7.19. The molecule has 0 saturated carbocycles. The van der Waals surface area contributed by atoms with Gasteiger partial charge in [-0.15, -0.1) is 0 Å². The molecule has 0 saturated heterocycles. The molecule has 10 heteroatoms. The number of rotatable bonds is 11. The van der Waals surface area contributed by atoms with E-state index in [0.717, 1.165) is 53.7 Å². The average Bonchev–Trinajstić information content (AvgIpc) is 3.39. The first-order valence-electron chi connectivity index (χ1n) is 14.1. The number of nitrogens with one attached hydrogen (secondary N) is 2. The smallest absolute Gasteiger partial charge is 0.258 e. The number of nitrogens with two attached hydrogens (primary N) is 1. The van der Waals surface area contributed by atoms with Crippen molar-refractivity contribution in [3.8, 4) is 21.7 Å². The van der Waals surface area contributed by atoms with Crippen LogP contribution in [0, 0.1) is 17.5 Å². The van der Waals surface area contributed by atoms with E-state index in [1.54, 1.807) is 18.2 Å². The molecule has 0 spiro atoms. The molecule has 0 aliphatic carbocycles. The second-order valence-electron chi connectivity index (χ2n) is 10.7. The zero-order chi connectivity index (χ0) is 31.2. The highest BCUT2D eigenvalue weighted by Gasteiger charge is 2.17. The fourth-order valence-corrected chi connectivity index (χ4v) is 5.67. The summed E-state index contributed by atoms with van der Waals surface area (Å²) in [6.45, 7) is 0.977. The van der Waals surface area contributed by atoms with Crippen LogP contribution in [-0.4, -0.2) is 36.4 Å². The van der Waals surface area contributed by atoms with E-state index in [1.807, 2.05) is 56.6 Å². The number of amides is 1. The van der Waals surface area contributed by atoms with Crippen LogP contribution in [-0.2, 0) is 6.42 Å². The zero-order valence-electron chi connectivity index (χ0n) is 24.3. The summed E-state index contributed by atoms with van der Waals surface area (Å²) >= 11 is 1.31. The number of carbonyl (C=O) groups excluding carboxylic acids is 1. The van der Waals surface area contributed by atoms with E-state index in [-0.39, 0.29) is 5.82 Å². The van der Waals surface area contributed by atoms with Crippen LogP contribution in [0.25, 0.3) is 21.7 Å². The Balaban J connectivity index is 1.34. The van der Waals surface area contributed by atoms with Crippen molar-refractivity contribution in [3.05, 3.63) is 114 Å². The van der Waals surface area contributed by atoms with Gasteiger partial charge in [0, 0.05) is 22.6 Å². The molecule has 0 radical (unpaired) electrons. The third-order valence-corrected chi connectivity index (χ3v) is 7.91. The molecule has 4 aromatic carbocycles. The van der Waals surface area contributed by atoms with Crippen molar-refractivity contribution >= 4 is 39.4 Å². The molecule has 0 bridgehead atoms. The Kier molecular flexibility index (Phi) is 9.62. The Bertz CT molecular complexity index is 1790. The highest BCUT2D eigenvalue weighted by Crippen LogP contribution is 2.39. The number of benzene rings is 4. The molecular formula is C34H32F3N5OS. The lowest BCUT2D eigenvalue weighted by atomic mass is 10.0. The molecule has 44 heavy (non-hydrogen) atoms. The molecule has 0 aliphatic rings. The van der Waals surface area contributed by atoms with Crippen molar-refractivity contribution in [3.63, 3.8) is 0 Å². The number of aryl methyl sites for hydroxylation is 1. The normalized spacial score (nSPS) is 11.1. The molecule has 4 N–H and O–H groups in total. The second kappa shape index (κ2) is 13.7. The van der Waals surface area contributed by atoms with Crippen molar-refractivity contribution in [2.45, 2.75) is 19.3 Å². The number of aromatic nitrogens is 1. The first kappa shape index (κ1) is 30.8. The van der Waals surface area contributed by atoms with Crippen LogP contribution in [0.2, 0.25) is 0 Å². The Labute approximate surface area is 258 Å². The number of nitrogens with zero attached hydrogens (tertiary/aromatic N) is 2. The van der Waals surface area contributed by atoms with Crippen molar-refractivity contribution in [1.82, 2.24) is 9.88 Å². The number of anilines is 4. The molecule has 226 valence electrons. The first-order valence-corrected chi connectivity index (χ1v) is 14.9. The minimum atomic E-state index is -0.822. The summed E-state index contributed by atoms with van der Waals surface area (Å²) in [7, 11) is 4.06. The predicted octanol–water partition coefficient (Wildman–Crippen LogP) is 8.36. The van der Waals surface area contributed by atoms with Gasteiger partial charge >= 0.3 is 0 Å². The standard InChI is InChI=1S/C34H32F3N5OS/c1-42(2)16-4-3-7-21-12-14-27(20-30(21)37)39-25-10-6-9-23(18-25)32-31(41-34(38)44-32)22-8-5-11-26(17-22)40-33(43)28-19-24(35)13-15-29(28)36/h5-6,8-15,17-20,39H,3-4,7,16H2,1-2H3,(H2,38,41)(H,40,43). The largest absolute Gasteiger partial charge is 0.375 e. The lowest BCUT2D eigenvalue weighted by molar-refractivity contribution is 0.102. The Morgan fingerprint density at radius 3 is 2.34 bits per heavy atom. The number of halogens is 3. The number of hydrogen-bond donors (Lipinski definition) is 3. The molecule has 5 rings (SSSR count). The molecule has 1 heterocycles. The van der Waals surface area contributed by atoms with Gasteiger partial charge in [0.1, 0.15) is 17.5 Å². The molecular weight excluding hydrogens is 583 g/mol. The van der Waals surface area contributed by atoms with E-state index in [2.05, 4.69) is 20.5 Å². The fraction of sp³-hybridized carbons (Fsp3) is 0.176. The summed E-state index contributed by atoms with van der Waals surface area (Å²) in [6.07, 6.45) is 2.62. The highest BCUT2D eigenvalue weighted by atomic mass is 32.1. The zero-order valence-corrected chi connectivity index (χ0v) is 25.1. The van der Waals surface area contributed by atoms with E-state index < -0.39 is 23.1 Å². The Morgan fingerprint density at radius 1 is 0.841 bits per heavy atom. The van der Waals surface area contributed by atoms with Gasteiger partial charge < -0.3 is 21.3 Å². The summed E-state index contributed by atoms with van der Waals surface area (Å²) in [5.41, 5.74) is 10.3. The van der Waals surface area contributed by atoms with Crippen LogP contribution in [0.3, 0.4) is 0 Å². The van der Waals surface area contributed by atoms with Gasteiger partial charge in [0.2, 0.25) is 0 Å². The number of carbonyl (C=O) groups is 1. The van der Waals surface area contributed by atoms with E-state index in [9.17, 15) is 18.0 Å². The van der Waals surface area contributed by atoms with E-state index >= 15 is 0 Å². The van der Waals surface area contributed by atoms with Crippen LogP contribution in [0.1, 0.15) is 28.8 Å². The SMILES string of the molecule is CN(C)CCCCc1ccc(Nc2cccc(-c3sc(N)nc3-c3cccc(NC(=O)c4cc(F)ccc4F)c3)c2)cc1F. The van der Waals surface area contributed by atoms with Gasteiger partial charge in [-0.1, -0.05) is 41.7 Å². The average molecular weight is 616 g/mol. The maximum absolute atomic E-state index is 14.8. The molecule has 0 unspecified atom stereocenters. The van der Waals surface area contributed by atoms with Gasteiger partial charge in [0.15, 0.2) is 5.13 Å².